The molecule has 0 fully saturated rings. The van der Waals surface area contributed by atoms with Gasteiger partial charge in [-0.3, -0.25) is 9.59 Å². The van der Waals surface area contributed by atoms with Crippen molar-refractivity contribution in [2.45, 2.75) is 273 Å². The zero-order chi connectivity index (χ0) is 57.5. The summed E-state index contributed by atoms with van der Waals surface area (Å²) in [6, 6.07) is 18.7. The van der Waals surface area contributed by atoms with Crippen LogP contribution in [0.4, 0.5) is 11.4 Å². The molecule has 4 nitrogen and oxygen atoms in total. The number of carbonyl (C=O) groups is 2. The first-order valence-corrected chi connectivity index (χ1v) is 37.0. The average Bonchev–Trinajstić information content (AvgIpc) is 3.08. The van der Waals surface area contributed by atoms with Gasteiger partial charge in [0.1, 0.15) is 0 Å². The van der Waals surface area contributed by atoms with Crippen LogP contribution in [-0.2, 0) is 20.4 Å². The molecule has 2 aliphatic heterocycles. The van der Waals surface area contributed by atoms with Gasteiger partial charge < -0.3 is 9.80 Å². The van der Waals surface area contributed by atoms with Crippen LogP contribution in [0.1, 0.15) is 281 Å². The summed E-state index contributed by atoms with van der Waals surface area (Å²) >= 11 is 9.23. The summed E-state index contributed by atoms with van der Waals surface area (Å²) in [6.07, 6.45) is 38.3. The molecular formula is C72H104N2O2S5. The maximum absolute atomic E-state index is 15.9. The molecule has 6 aromatic rings. The second-order valence-electron chi connectivity index (χ2n) is 26.7. The number of hydrogen-bond acceptors (Lipinski definition) is 7. The van der Waals surface area contributed by atoms with Crippen molar-refractivity contribution in [3.05, 3.63) is 78.5 Å². The number of anilines is 2. The van der Waals surface area contributed by atoms with Crippen molar-refractivity contribution in [3.8, 4) is 9.75 Å². The van der Waals surface area contributed by atoms with E-state index in [1.54, 1.807) is 22.7 Å². The van der Waals surface area contributed by atoms with E-state index in [2.05, 4.69) is 128 Å². The molecule has 5 aromatic heterocycles. The van der Waals surface area contributed by atoms with Crippen molar-refractivity contribution in [1.82, 2.24) is 0 Å². The van der Waals surface area contributed by atoms with E-state index in [1.165, 1.54) is 205 Å². The highest BCUT2D eigenvalue weighted by Crippen LogP contribution is 2.46. The Bertz CT molecular complexity index is 3010. The first kappa shape index (κ1) is 63.9. The van der Waals surface area contributed by atoms with Gasteiger partial charge in [0.25, 0.3) is 11.8 Å². The molecule has 2 aliphatic rings. The maximum Gasteiger partial charge on any atom is 0.260 e. The van der Waals surface area contributed by atoms with Gasteiger partial charge in [-0.1, -0.05) is 236 Å². The molecular weight excluding hydrogens is 1090 g/mol. The zero-order valence-corrected chi connectivity index (χ0v) is 56.2. The van der Waals surface area contributed by atoms with Gasteiger partial charge in [0.15, 0.2) is 0 Å². The van der Waals surface area contributed by atoms with Gasteiger partial charge >= 0.3 is 0 Å². The Hall–Kier alpha value is -3.08. The molecule has 7 heterocycles. The number of fused-ring (bicyclic) bond motifs is 4. The van der Waals surface area contributed by atoms with Crippen LogP contribution < -0.4 is 20.2 Å². The molecule has 2 amide bonds. The van der Waals surface area contributed by atoms with Crippen molar-refractivity contribution in [3.63, 3.8) is 0 Å². The number of unbranched alkanes of at least 4 members (excludes halogenated alkanes) is 22. The predicted octanol–water partition coefficient (Wildman–Crippen LogP) is 22.7. The molecule has 0 bridgehead atoms. The molecule has 2 unspecified atom stereocenters. The van der Waals surface area contributed by atoms with Gasteiger partial charge in [0, 0.05) is 71.6 Å². The fourth-order valence-corrected chi connectivity index (χ4v) is 18.7. The first-order chi connectivity index (χ1) is 39.1. The van der Waals surface area contributed by atoms with Gasteiger partial charge in [-0.15, -0.1) is 56.7 Å². The summed E-state index contributed by atoms with van der Waals surface area (Å²) in [5.41, 5.74) is 3.88. The second kappa shape index (κ2) is 30.8. The Morgan fingerprint density at radius 3 is 1.07 bits per heavy atom. The molecule has 2 atom stereocenters. The van der Waals surface area contributed by atoms with Crippen LogP contribution in [-0.4, -0.2) is 24.9 Å². The molecule has 444 valence electrons. The van der Waals surface area contributed by atoms with Gasteiger partial charge in [-0.2, -0.15) is 0 Å². The third-order valence-electron chi connectivity index (χ3n) is 17.6. The van der Waals surface area contributed by atoms with E-state index in [0.29, 0.717) is 11.8 Å². The van der Waals surface area contributed by atoms with Crippen LogP contribution in [0.2, 0.25) is 0 Å². The summed E-state index contributed by atoms with van der Waals surface area (Å²) in [7, 11) is 0. The van der Waals surface area contributed by atoms with E-state index in [-0.39, 0.29) is 22.6 Å². The van der Waals surface area contributed by atoms with Crippen LogP contribution in [0.3, 0.4) is 0 Å². The summed E-state index contributed by atoms with van der Waals surface area (Å²) in [4.78, 5) is 43.6. The van der Waals surface area contributed by atoms with Crippen molar-refractivity contribution < 1.29 is 9.59 Å². The van der Waals surface area contributed by atoms with Crippen molar-refractivity contribution in [1.29, 1.82) is 0 Å². The number of carbonyl (C=O) groups excluding carboxylic acids is 2. The third-order valence-corrected chi connectivity index (χ3v) is 24.4. The topological polar surface area (TPSA) is 40.6 Å². The number of benzene rings is 1. The van der Waals surface area contributed by atoms with Crippen molar-refractivity contribution in [2.24, 2.45) is 11.8 Å². The van der Waals surface area contributed by atoms with Crippen LogP contribution >= 0.6 is 56.7 Å². The van der Waals surface area contributed by atoms with E-state index in [1.807, 2.05) is 34.0 Å². The minimum absolute atomic E-state index is 0.0663. The Labute approximate surface area is 511 Å². The van der Waals surface area contributed by atoms with Crippen molar-refractivity contribution >= 4 is 110 Å². The molecule has 9 heteroatoms. The predicted molar refractivity (Wildman–Crippen MR) is 364 cm³/mol. The highest BCUT2D eigenvalue weighted by Gasteiger charge is 2.38. The van der Waals surface area contributed by atoms with Gasteiger partial charge in [0.05, 0.1) is 22.5 Å². The van der Waals surface area contributed by atoms with E-state index in [0.717, 1.165) is 81.5 Å². The van der Waals surface area contributed by atoms with E-state index in [9.17, 15) is 0 Å². The molecule has 0 aliphatic carbocycles. The fourth-order valence-electron chi connectivity index (χ4n) is 12.6. The van der Waals surface area contributed by atoms with Gasteiger partial charge in [-0.25, -0.2) is 0 Å². The molecule has 8 rings (SSSR count). The number of hydrogen-bond donors (Lipinski definition) is 0. The molecule has 0 radical (unpaired) electrons. The number of amides is 2. The molecule has 0 saturated heterocycles. The number of rotatable bonds is 37. The lowest BCUT2D eigenvalue weighted by molar-refractivity contribution is -0.114. The Morgan fingerprint density at radius 1 is 0.358 bits per heavy atom. The Morgan fingerprint density at radius 2 is 0.691 bits per heavy atom. The maximum atomic E-state index is 15.9. The average molecular weight is 1190 g/mol. The van der Waals surface area contributed by atoms with Crippen LogP contribution in [0.25, 0.3) is 39.7 Å². The molecule has 81 heavy (non-hydrogen) atoms. The quantitative estimate of drug-likeness (QED) is 0.0365. The minimum atomic E-state index is 0.0663. The van der Waals surface area contributed by atoms with Gasteiger partial charge in [-0.05, 0) is 96.9 Å². The molecule has 0 spiro atoms. The minimum Gasteiger partial charge on any atom is -0.307 e. The summed E-state index contributed by atoms with van der Waals surface area (Å²) in [5.74, 6) is 1.14. The fraction of sp³-hybridized carbons (Fsp3) is 0.639. The van der Waals surface area contributed by atoms with E-state index >= 15 is 9.59 Å². The lowest BCUT2D eigenvalue weighted by Gasteiger charge is -2.27. The van der Waals surface area contributed by atoms with E-state index < -0.39 is 0 Å². The first-order valence-electron chi connectivity index (χ1n) is 32.9. The molecule has 1 aromatic carbocycles. The monoisotopic (exact) mass is 1190 g/mol. The zero-order valence-electron chi connectivity index (χ0n) is 52.2. The van der Waals surface area contributed by atoms with Crippen LogP contribution in [0.15, 0.2) is 48.5 Å². The smallest absolute Gasteiger partial charge is 0.260 e. The Balaban J connectivity index is 1.20. The van der Waals surface area contributed by atoms with Crippen LogP contribution in [0.5, 0.6) is 0 Å². The van der Waals surface area contributed by atoms with Crippen LogP contribution in [0, 0.1) is 11.8 Å². The molecule has 0 N–H and O–H groups in total. The lowest BCUT2D eigenvalue weighted by atomic mass is 9.93. The lowest BCUT2D eigenvalue weighted by Crippen LogP contribution is -2.35. The van der Waals surface area contributed by atoms with Gasteiger partial charge in [0.2, 0.25) is 0 Å². The Kier molecular flexibility index (Phi) is 24.3. The third kappa shape index (κ3) is 16.9. The SMILES string of the molecule is CCCCCCCCCCC(CCCCCCCCC)CN1C(=O)C(c2cc3sc(-c4ccc(C(C)(C)C)s4)cc3s2)=c2cc3c(cc21)=C(c1cc2sc(C(C)(C)C)cc2s1)C(=O)N3CC(CCCCC)CCCCCCCCCC. The standard InChI is InChI=1S/C72H104N2O2S5/c1-11-15-19-22-25-28-31-35-38-51(37-33-18-14-4)49-73-56-43-53-55(44-54(56)68(70(73)76)64-47-61-62(79-64)48-66(81-61)72(8,9)10)74(50-52(39-34-30-27-24-21-17-13-3)40-36-32-29-26-23-20-16-12-2)69(75)67(53)63-46-60-59(78-63)45-58(77-60)57-41-42-65(80-57)71(5,6)7/h41-48,51-52H,11-40,49-50H2,1-10H3. The second-order valence-corrected chi connectivity index (χ2v) is 32.1. The highest BCUT2D eigenvalue weighted by atomic mass is 32.1. The normalized spacial score (nSPS) is 14.7. The molecule has 0 saturated carbocycles. The summed E-state index contributed by atoms with van der Waals surface area (Å²) < 4.78 is 5.04. The largest absolute Gasteiger partial charge is 0.307 e. The summed E-state index contributed by atoms with van der Waals surface area (Å²) in [5, 5.41) is 2.05. The van der Waals surface area contributed by atoms with Crippen molar-refractivity contribution in [2.75, 3.05) is 22.9 Å². The highest BCUT2D eigenvalue weighted by molar-refractivity contribution is 7.31. The van der Waals surface area contributed by atoms with E-state index in [4.69, 9.17) is 0 Å². The number of thiophene rings is 5. The number of nitrogens with zero attached hydrogens (tertiary/aromatic N) is 2. The summed E-state index contributed by atoms with van der Waals surface area (Å²) in [6.45, 7) is 24.5.